The lowest BCUT2D eigenvalue weighted by Gasteiger charge is -2.44. The fourth-order valence-electron chi connectivity index (χ4n) is 4.99. The van der Waals surface area contributed by atoms with Gasteiger partial charge in [-0.25, -0.2) is 0 Å². The smallest absolute Gasteiger partial charge is 0.0746 e. The highest BCUT2D eigenvalue weighted by atomic mass is 15.3. The largest absolute Gasteiger partial charge is 0.369 e. The number of anilines is 1. The van der Waals surface area contributed by atoms with Gasteiger partial charge in [0.25, 0.3) is 0 Å². The Balaban J connectivity index is 1.21. The zero-order valence-corrected chi connectivity index (χ0v) is 17.1. The molecular weight excluding hydrogens is 356 g/mol. The summed E-state index contributed by atoms with van der Waals surface area (Å²) in [5.74, 6) is 0. The van der Waals surface area contributed by atoms with Crippen molar-refractivity contribution in [1.82, 2.24) is 14.8 Å². The Kier molecular flexibility index (Phi) is 5.46. The van der Waals surface area contributed by atoms with E-state index < -0.39 is 0 Å². The summed E-state index contributed by atoms with van der Waals surface area (Å²) in [5, 5.41) is 1.25. The third kappa shape index (κ3) is 4.14. The van der Waals surface area contributed by atoms with Gasteiger partial charge >= 0.3 is 0 Å². The molecule has 4 nitrogen and oxygen atoms in total. The molecule has 150 valence electrons. The molecule has 29 heavy (non-hydrogen) atoms. The highest BCUT2D eigenvalue weighted by Crippen LogP contribution is 2.23. The van der Waals surface area contributed by atoms with Crippen LogP contribution in [0.5, 0.6) is 0 Å². The zero-order valence-electron chi connectivity index (χ0n) is 17.1. The van der Waals surface area contributed by atoms with E-state index in [0.717, 1.165) is 25.2 Å². The van der Waals surface area contributed by atoms with E-state index in [1.54, 1.807) is 0 Å². The summed E-state index contributed by atoms with van der Waals surface area (Å²) in [5.41, 5.74) is 3.88. The van der Waals surface area contributed by atoms with Crippen molar-refractivity contribution in [2.24, 2.45) is 0 Å². The van der Waals surface area contributed by atoms with Crippen LogP contribution in [0.1, 0.15) is 18.4 Å². The summed E-state index contributed by atoms with van der Waals surface area (Å²) in [7, 11) is 0. The predicted molar refractivity (Wildman–Crippen MR) is 120 cm³/mol. The van der Waals surface area contributed by atoms with Crippen molar-refractivity contribution in [2.45, 2.75) is 25.4 Å². The van der Waals surface area contributed by atoms with E-state index in [-0.39, 0.29) is 0 Å². The second-order valence-corrected chi connectivity index (χ2v) is 8.38. The van der Waals surface area contributed by atoms with Gasteiger partial charge in [0.05, 0.1) is 5.52 Å². The lowest BCUT2D eigenvalue weighted by molar-refractivity contribution is 0.0890. The molecule has 3 heterocycles. The summed E-state index contributed by atoms with van der Waals surface area (Å²) >= 11 is 0. The van der Waals surface area contributed by atoms with Crippen LogP contribution in [-0.4, -0.2) is 60.1 Å². The van der Waals surface area contributed by atoms with Crippen LogP contribution in [0.2, 0.25) is 0 Å². The SMILES string of the molecule is c1ccc(N2CCN([C@@H]3CCCN(Cc4cccc5cccnc45)C3)CC2)cc1. The monoisotopic (exact) mass is 386 g/mol. The number of fused-ring (bicyclic) bond motifs is 1. The van der Waals surface area contributed by atoms with Gasteiger partial charge in [0.2, 0.25) is 0 Å². The molecule has 0 unspecified atom stereocenters. The van der Waals surface area contributed by atoms with Gasteiger partial charge in [0.15, 0.2) is 0 Å². The summed E-state index contributed by atoms with van der Waals surface area (Å²) in [4.78, 5) is 12.5. The fourth-order valence-corrected chi connectivity index (χ4v) is 4.99. The van der Waals surface area contributed by atoms with Gasteiger partial charge < -0.3 is 4.90 Å². The van der Waals surface area contributed by atoms with Crippen LogP contribution >= 0.6 is 0 Å². The molecule has 0 aliphatic carbocycles. The van der Waals surface area contributed by atoms with E-state index in [0.29, 0.717) is 6.04 Å². The molecule has 0 spiro atoms. The van der Waals surface area contributed by atoms with E-state index in [1.165, 1.54) is 55.7 Å². The Morgan fingerprint density at radius 1 is 0.828 bits per heavy atom. The van der Waals surface area contributed by atoms with E-state index >= 15 is 0 Å². The molecular formula is C25H30N4. The van der Waals surface area contributed by atoms with E-state index in [1.807, 2.05) is 12.3 Å². The number of hydrogen-bond acceptors (Lipinski definition) is 4. The predicted octanol–water partition coefficient (Wildman–Crippen LogP) is 4.02. The first-order chi connectivity index (χ1) is 14.4. The summed E-state index contributed by atoms with van der Waals surface area (Å²) < 4.78 is 0. The van der Waals surface area contributed by atoms with Gasteiger partial charge in [-0.15, -0.1) is 0 Å². The molecule has 0 N–H and O–H groups in total. The van der Waals surface area contributed by atoms with Gasteiger partial charge in [-0.1, -0.05) is 42.5 Å². The second-order valence-electron chi connectivity index (χ2n) is 8.38. The first-order valence-electron chi connectivity index (χ1n) is 11.0. The average molecular weight is 387 g/mol. The molecule has 3 aromatic rings. The maximum absolute atomic E-state index is 4.65. The number of aromatic nitrogens is 1. The first-order valence-corrected chi connectivity index (χ1v) is 11.0. The number of likely N-dealkylation sites (tertiary alicyclic amines) is 1. The molecule has 2 saturated heterocycles. The lowest BCUT2D eigenvalue weighted by Crippen LogP contribution is -2.55. The normalized spacial score (nSPS) is 21.5. The Morgan fingerprint density at radius 2 is 1.66 bits per heavy atom. The summed E-state index contributed by atoms with van der Waals surface area (Å²) in [6, 6.07) is 22.3. The van der Waals surface area contributed by atoms with Crippen molar-refractivity contribution in [3.63, 3.8) is 0 Å². The van der Waals surface area contributed by atoms with Gasteiger partial charge in [-0.3, -0.25) is 14.8 Å². The molecule has 5 rings (SSSR count). The lowest BCUT2D eigenvalue weighted by atomic mass is 10.0. The molecule has 1 atom stereocenters. The molecule has 4 heteroatoms. The van der Waals surface area contributed by atoms with Gasteiger partial charge in [0, 0.05) is 62.6 Å². The first kappa shape index (κ1) is 18.6. The van der Waals surface area contributed by atoms with Gasteiger partial charge in [0.1, 0.15) is 0 Å². The molecule has 0 radical (unpaired) electrons. The minimum atomic E-state index is 0.685. The molecule has 0 amide bonds. The van der Waals surface area contributed by atoms with Crippen LogP contribution in [0.4, 0.5) is 5.69 Å². The third-order valence-electron chi connectivity index (χ3n) is 6.54. The quantitative estimate of drug-likeness (QED) is 0.675. The molecule has 2 fully saturated rings. The number of piperidine rings is 1. The summed E-state index contributed by atoms with van der Waals surface area (Å²) in [6.45, 7) is 7.99. The number of rotatable bonds is 4. The minimum absolute atomic E-state index is 0.685. The van der Waals surface area contributed by atoms with Crippen LogP contribution in [0.3, 0.4) is 0 Å². The van der Waals surface area contributed by atoms with Crippen LogP contribution in [0.15, 0.2) is 66.9 Å². The minimum Gasteiger partial charge on any atom is -0.369 e. The number of pyridine rings is 1. The van der Waals surface area contributed by atoms with E-state index in [9.17, 15) is 0 Å². The van der Waals surface area contributed by atoms with Crippen LogP contribution in [-0.2, 0) is 6.54 Å². The average Bonchev–Trinajstić information content (AvgIpc) is 2.80. The van der Waals surface area contributed by atoms with Crippen molar-refractivity contribution >= 4 is 16.6 Å². The third-order valence-corrected chi connectivity index (χ3v) is 6.54. The molecule has 0 bridgehead atoms. The van der Waals surface area contributed by atoms with Crippen LogP contribution in [0.25, 0.3) is 10.9 Å². The Bertz CT molecular complexity index is 928. The van der Waals surface area contributed by atoms with E-state index in [2.05, 4.69) is 74.3 Å². The number of benzene rings is 2. The second kappa shape index (κ2) is 8.52. The summed E-state index contributed by atoms with van der Waals surface area (Å²) in [6.07, 6.45) is 4.54. The number of piperazine rings is 1. The van der Waals surface area contributed by atoms with Gasteiger partial charge in [-0.05, 0) is 43.1 Å². The number of nitrogens with zero attached hydrogens (tertiary/aromatic N) is 4. The fraction of sp³-hybridized carbons (Fsp3) is 0.400. The van der Waals surface area contributed by atoms with Crippen molar-refractivity contribution in [2.75, 3.05) is 44.2 Å². The molecule has 0 saturated carbocycles. The highest BCUT2D eigenvalue weighted by Gasteiger charge is 2.28. The molecule has 2 aliphatic rings. The Morgan fingerprint density at radius 3 is 2.52 bits per heavy atom. The number of para-hydroxylation sites is 2. The highest BCUT2D eigenvalue weighted by molar-refractivity contribution is 5.81. The van der Waals surface area contributed by atoms with Crippen molar-refractivity contribution in [3.8, 4) is 0 Å². The van der Waals surface area contributed by atoms with Crippen molar-refractivity contribution < 1.29 is 0 Å². The number of hydrogen-bond donors (Lipinski definition) is 0. The maximum atomic E-state index is 4.65. The van der Waals surface area contributed by atoms with Crippen molar-refractivity contribution in [3.05, 3.63) is 72.4 Å². The van der Waals surface area contributed by atoms with Crippen LogP contribution in [0, 0.1) is 0 Å². The Labute approximate surface area is 173 Å². The molecule has 1 aromatic heterocycles. The molecule has 2 aliphatic heterocycles. The Hall–Kier alpha value is -2.43. The van der Waals surface area contributed by atoms with E-state index in [4.69, 9.17) is 0 Å². The molecule has 2 aromatic carbocycles. The zero-order chi connectivity index (χ0) is 19.5. The van der Waals surface area contributed by atoms with Gasteiger partial charge in [-0.2, -0.15) is 0 Å². The van der Waals surface area contributed by atoms with Crippen LogP contribution < -0.4 is 4.90 Å². The standard InChI is InChI=1S/C25H30N4/c1-2-10-23(11-3-1)28-15-17-29(18-16-28)24-12-6-14-27(20-24)19-22-8-4-7-21-9-5-13-26-25(21)22/h1-5,7-11,13,24H,6,12,14-20H2/t24-/m1/s1. The van der Waals surface area contributed by atoms with Crippen molar-refractivity contribution in [1.29, 1.82) is 0 Å². The maximum Gasteiger partial charge on any atom is 0.0746 e. The topological polar surface area (TPSA) is 22.6 Å².